The van der Waals surface area contributed by atoms with E-state index in [1.165, 1.54) is 0 Å². The van der Waals surface area contributed by atoms with Gasteiger partial charge in [0.25, 0.3) is 5.91 Å². The van der Waals surface area contributed by atoms with Crippen molar-refractivity contribution in [2.45, 2.75) is 64.2 Å². The molecular weight excluding hydrogens is 623 g/mol. The zero-order valence-corrected chi connectivity index (χ0v) is 29.3. The number of nitrogens with one attached hydrogen (secondary N) is 1. The van der Waals surface area contributed by atoms with Crippen molar-refractivity contribution < 1.29 is 18.8 Å². The first-order valence-corrected chi connectivity index (χ1v) is 18.2. The summed E-state index contributed by atoms with van der Waals surface area (Å²) in [5.74, 6) is 2.12. The predicted octanol–water partition coefficient (Wildman–Crippen LogP) is 7.36. The van der Waals surface area contributed by atoms with Gasteiger partial charge in [0.2, 0.25) is 0 Å². The highest BCUT2D eigenvalue weighted by atomic mass is 32.2. The van der Waals surface area contributed by atoms with Gasteiger partial charge in [-0.1, -0.05) is 45.4 Å². The second kappa shape index (κ2) is 17.3. The molecule has 0 radical (unpaired) electrons. The van der Waals surface area contributed by atoms with E-state index >= 15 is 0 Å². The van der Waals surface area contributed by atoms with Crippen molar-refractivity contribution in [1.82, 2.24) is 14.8 Å². The third kappa shape index (κ3) is 9.49. The van der Waals surface area contributed by atoms with Crippen molar-refractivity contribution in [1.29, 1.82) is 0 Å². The summed E-state index contributed by atoms with van der Waals surface area (Å²) >= 11 is -1.27. The van der Waals surface area contributed by atoms with Gasteiger partial charge in [0, 0.05) is 43.2 Å². The largest absolute Gasteiger partial charge is 0.611 e. The molecule has 2 heterocycles. The number of ether oxygens (including phenoxy) is 2. The molecule has 9 nitrogen and oxygen atoms in total. The smallest absolute Gasteiger partial charge is 0.251 e. The number of carbonyl (C=O) groups is 1. The molecule has 1 aromatic heterocycles. The summed E-state index contributed by atoms with van der Waals surface area (Å²) in [6, 6.07) is 21.8. The fourth-order valence-corrected chi connectivity index (χ4v) is 6.71. The van der Waals surface area contributed by atoms with Gasteiger partial charge in [0.05, 0.1) is 6.61 Å². The summed E-state index contributed by atoms with van der Waals surface area (Å²) in [5, 5.41) is 11.1. The van der Waals surface area contributed by atoms with Gasteiger partial charge in [-0.05, 0) is 108 Å². The van der Waals surface area contributed by atoms with Gasteiger partial charge in [0.1, 0.15) is 18.7 Å². The Kier molecular flexibility index (Phi) is 12.7. The molecule has 4 aromatic rings. The van der Waals surface area contributed by atoms with E-state index in [1.807, 2.05) is 29.7 Å². The molecule has 254 valence electrons. The van der Waals surface area contributed by atoms with Crippen molar-refractivity contribution in [2.24, 2.45) is 5.92 Å². The molecule has 3 aromatic carbocycles. The number of aromatic nitrogens is 3. The summed E-state index contributed by atoms with van der Waals surface area (Å²) in [6.45, 7) is 12.8. The summed E-state index contributed by atoms with van der Waals surface area (Å²) in [5.41, 5.74) is 5.68. The molecule has 1 aliphatic rings. The van der Waals surface area contributed by atoms with Crippen molar-refractivity contribution in [2.75, 3.05) is 43.1 Å². The van der Waals surface area contributed by atoms with Gasteiger partial charge in [-0.15, -0.1) is 10.2 Å². The molecular formula is C38H47N5O4S. The number of benzene rings is 3. The summed E-state index contributed by atoms with van der Waals surface area (Å²) in [7, 11) is 0. The molecule has 1 aliphatic heterocycles. The topological polar surface area (TPSA) is 105 Å². The quantitative estimate of drug-likeness (QED) is 0.0982. The van der Waals surface area contributed by atoms with E-state index in [9.17, 15) is 9.35 Å². The Labute approximate surface area is 287 Å². The minimum Gasteiger partial charge on any atom is -0.611 e. The van der Waals surface area contributed by atoms with Crippen LogP contribution < -0.4 is 15.0 Å². The van der Waals surface area contributed by atoms with Crippen LogP contribution in [-0.4, -0.2) is 58.1 Å². The summed E-state index contributed by atoms with van der Waals surface area (Å²) in [4.78, 5) is 16.7. The molecule has 0 spiro atoms. The first-order chi connectivity index (χ1) is 23.3. The van der Waals surface area contributed by atoms with Crippen LogP contribution in [-0.2, 0) is 33.0 Å². The number of hydrogen-bond acceptors (Lipinski definition) is 7. The second-order valence-corrected chi connectivity index (χ2v) is 13.8. The van der Waals surface area contributed by atoms with Gasteiger partial charge < -0.3 is 28.8 Å². The Bertz CT molecular complexity index is 1650. The van der Waals surface area contributed by atoms with E-state index in [4.69, 9.17) is 9.47 Å². The molecule has 0 fully saturated rings. The number of nitrogens with zero attached hydrogens (tertiary/aromatic N) is 4. The lowest BCUT2D eigenvalue weighted by atomic mass is 10.00. The molecule has 10 heteroatoms. The molecule has 1 atom stereocenters. The van der Waals surface area contributed by atoms with Crippen LogP contribution in [0.2, 0.25) is 0 Å². The Morgan fingerprint density at radius 1 is 1.00 bits per heavy atom. The Balaban J connectivity index is 1.28. The monoisotopic (exact) mass is 669 g/mol. The number of amides is 1. The number of hydrogen-bond donors (Lipinski definition) is 1. The molecule has 0 saturated heterocycles. The molecule has 1 unspecified atom stereocenters. The van der Waals surface area contributed by atoms with Crippen LogP contribution in [0.4, 0.5) is 11.4 Å². The van der Waals surface area contributed by atoms with Gasteiger partial charge in [-0.2, -0.15) is 0 Å². The lowest BCUT2D eigenvalue weighted by Crippen LogP contribution is -2.29. The van der Waals surface area contributed by atoms with E-state index in [2.05, 4.69) is 71.5 Å². The molecule has 1 N–H and O–H groups in total. The van der Waals surface area contributed by atoms with E-state index in [-0.39, 0.29) is 11.7 Å². The minimum absolute atomic E-state index is 0.136. The van der Waals surface area contributed by atoms with Gasteiger partial charge in [-0.3, -0.25) is 4.79 Å². The van der Waals surface area contributed by atoms with Crippen LogP contribution in [0.25, 0.3) is 17.2 Å². The molecule has 5 rings (SSSR count). The molecule has 0 bridgehead atoms. The number of anilines is 2. The zero-order chi connectivity index (χ0) is 33.9. The Morgan fingerprint density at radius 2 is 1.77 bits per heavy atom. The van der Waals surface area contributed by atoms with Gasteiger partial charge in [-0.25, -0.2) is 0 Å². The molecule has 0 aliphatic carbocycles. The fraction of sp³-hybridized carbons (Fsp3) is 0.395. The zero-order valence-electron chi connectivity index (χ0n) is 28.5. The Hall–Kier alpha value is -4.12. The number of unbranched alkanes of at least 4 members (excludes halogenated alkanes) is 1. The van der Waals surface area contributed by atoms with Crippen molar-refractivity contribution in [3.05, 3.63) is 90.0 Å². The second-order valence-electron chi connectivity index (χ2n) is 12.4. The number of fused-ring (bicyclic) bond motifs is 1. The molecule has 48 heavy (non-hydrogen) atoms. The van der Waals surface area contributed by atoms with Crippen LogP contribution in [0.1, 0.15) is 58.3 Å². The maximum Gasteiger partial charge on any atom is 0.251 e. The van der Waals surface area contributed by atoms with Crippen molar-refractivity contribution in [3.8, 4) is 16.9 Å². The number of aryl methyl sites for hydroxylation is 1. The average molecular weight is 670 g/mol. The van der Waals surface area contributed by atoms with Gasteiger partial charge >= 0.3 is 0 Å². The van der Waals surface area contributed by atoms with E-state index in [0.29, 0.717) is 42.0 Å². The van der Waals surface area contributed by atoms with Crippen LogP contribution in [0.15, 0.2) is 83.5 Å². The average Bonchev–Trinajstić information content (AvgIpc) is 3.46. The summed E-state index contributed by atoms with van der Waals surface area (Å²) in [6.07, 6.45) is 6.48. The SMILES string of the molecule is CCCCOCCOc1ccc(-c2ccc3c(c2)C=C(C(=O)Nc2ccc([S+]([O-])Cc4nncn4CC)cc2)CCN3CC(C)C)cc1. The fourth-order valence-electron chi connectivity index (χ4n) is 5.65. The summed E-state index contributed by atoms with van der Waals surface area (Å²) < 4.78 is 26.3. The van der Waals surface area contributed by atoms with Crippen LogP contribution in [0, 0.1) is 5.92 Å². The first-order valence-electron chi connectivity index (χ1n) is 16.9. The van der Waals surface area contributed by atoms with Crippen LogP contribution in [0.3, 0.4) is 0 Å². The highest BCUT2D eigenvalue weighted by Crippen LogP contribution is 2.34. The number of rotatable bonds is 16. The number of carbonyl (C=O) groups excluding carboxylic acids is 1. The highest BCUT2D eigenvalue weighted by Gasteiger charge is 2.22. The maximum atomic E-state index is 13.6. The van der Waals surface area contributed by atoms with E-state index in [1.54, 1.807) is 30.6 Å². The maximum absolute atomic E-state index is 13.6. The standard InChI is InChI=1S/C38H47N5O4S/c1-5-7-20-46-21-22-47-34-13-8-29(9-14-34)30-10-17-36-32(23-30)24-31(18-19-43(36)25-28(3)4)38(44)40-33-11-15-35(16-12-33)48(45)26-37-41-39-27-42(37)6-2/h8-17,23-24,27-28H,5-7,18-22,25-26H2,1-4H3,(H,40,44). The lowest BCUT2D eigenvalue weighted by Gasteiger charge is -2.27. The van der Waals surface area contributed by atoms with Gasteiger partial charge in [0.15, 0.2) is 16.5 Å². The minimum atomic E-state index is -1.27. The lowest BCUT2D eigenvalue weighted by molar-refractivity contribution is -0.112. The third-order valence-electron chi connectivity index (χ3n) is 8.22. The third-order valence-corrected chi connectivity index (χ3v) is 9.54. The predicted molar refractivity (Wildman–Crippen MR) is 194 cm³/mol. The Morgan fingerprint density at radius 3 is 2.50 bits per heavy atom. The van der Waals surface area contributed by atoms with E-state index in [0.717, 1.165) is 72.8 Å². The van der Waals surface area contributed by atoms with Crippen LogP contribution in [0.5, 0.6) is 5.75 Å². The van der Waals surface area contributed by atoms with Crippen molar-refractivity contribution in [3.63, 3.8) is 0 Å². The molecule has 0 saturated carbocycles. The highest BCUT2D eigenvalue weighted by molar-refractivity contribution is 7.90. The van der Waals surface area contributed by atoms with E-state index < -0.39 is 11.2 Å². The first kappa shape index (κ1) is 35.2. The normalized spacial score (nSPS) is 13.5. The van der Waals surface area contributed by atoms with Crippen molar-refractivity contribution >= 4 is 34.5 Å². The van der Waals surface area contributed by atoms with Crippen LogP contribution >= 0.6 is 0 Å². The molecule has 1 amide bonds.